The second-order valence-electron chi connectivity index (χ2n) is 5.05. The fourth-order valence-electron chi connectivity index (χ4n) is 2.66. The first-order chi connectivity index (χ1) is 9.31. The van der Waals surface area contributed by atoms with Crippen LogP contribution in [0.25, 0.3) is 0 Å². The maximum atomic E-state index is 13.8. The van der Waals surface area contributed by atoms with Crippen molar-refractivity contribution in [2.45, 2.75) is 51.2 Å². The van der Waals surface area contributed by atoms with Gasteiger partial charge in [-0.3, -0.25) is 4.98 Å². The molecule has 1 saturated heterocycles. The van der Waals surface area contributed by atoms with E-state index in [1.807, 2.05) is 6.92 Å². The molecule has 1 aromatic heterocycles. The Morgan fingerprint density at radius 1 is 1.58 bits per heavy atom. The molecule has 2 heterocycles. The van der Waals surface area contributed by atoms with Gasteiger partial charge < -0.3 is 10.1 Å². The van der Waals surface area contributed by atoms with E-state index in [-0.39, 0.29) is 11.9 Å². The second kappa shape index (κ2) is 7.56. The van der Waals surface area contributed by atoms with Crippen molar-refractivity contribution < 1.29 is 9.13 Å². The van der Waals surface area contributed by atoms with E-state index in [0.717, 1.165) is 32.4 Å². The third-order valence-corrected chi connectivity index (χ3v) is 3.61. The minimum absolute atomic E-state index is 0.00704. The molecule has 1 fully saturated rings. The summed E-state index contributed by atoms with van der Waals surface area (Å²) in [5.41, 5.74) is 0.539. The van der Waals surface area contributed by atoms with Gasteiger partial charge in [-0.05, 0) is 50.8 Å². The Kier molecular flexibility index (Phi) is 5.73. The van der Waals surface area contributed by atoms with Crippen LogP contribution < -0.4 is 5.32 Å². The maximum absolute atomic E-state index is 13.8. The zero-order valence-electron chi connectivity index (χ0n) is 11.6. The van der Waals surface area contributed by atoms with Crippen LogP contribution in [-0.2, 0) is 4.74 Å². The quantitative estimate of drug-likeness (QED) is 0.822. The molecule has 1 aromatic rings. The number of hydrogen-bond donors (Lipinski definition) is 1. The van der Waals surface area contributed by atoms with Gasteiger partial charge in [0.25, 0.3) is 0 Å². The first-order valence-corrected chi connectivity index (χ1v) is 7.26. The van der Waals surface area contributed by atoms with Crippen molar-refractivity contribution >= 4 is 0 Å². The van der Waals surface area contributed by atoms with E-state index in [2.05, 4.69) is 10.3 Å². The van der Waals surface area contributed by atoms with Gasteiger partial charge in [0.2, 0.25) is 0 Å². The number of pyridine rings is 1. The second-order valence-corrected chi connectivity index (χ2v) is 5.05. The molecular formula is C15H23FN2O. The molecule has 1 aliphatic heterocycles. The van der Waals surface area contributed by atoms with Gasteiger partial charge in [-0.1, -0.05) is 6.92 Å². The average Bonchev–Trinajstić information content (AvgIpc) is 2.92. The lowest BCUT2D eigenvalue weighted by atomic mass is 10.0. The van der Waals surface area contributed by atoms with Crippen molar-refractivity contribution in [1.29, 1.82) is 0 Å². The molecule has 0 amide bonds. The van der Waals surface area contributed by atoms with Crippen LogP contribution in [0.15, 0.2) is 18.3 Å². The highest BCUT2D eigenvalue weighted by molar-refractivity contribution is 5.11. The largest absolute Gasteiger partial charge is 0.378 e. The first kappa shape index (κ1) is 14.4. The highest BCUT2D eigenvalue weighted by Crippen LogP contribution is 2.23. The summed E-state index contributed by atoms with van der Waals surface area (Å²) < 4.78 is 19.4. The van der Waals surface area contributed by atoms with Gasteiger partial charge >= 0.3 is 0 Å². The SMILES string of the molecule is CCNC(CCCC1CCCO1)c1ncccc1F. The lowest BCUT2D eigenvalue weighted by Crippen LogP contribution is -2.23. The highest BCUT2D eigenvalue weighted by Gasteiger charge is 2.19. The molecule has 2 atom stereocenters. The Bertz CT molecular complexity index is 380. The van der Waals surface area contributed by atoms with Gasteiger partial charge in [0, 0.05) is 12.8 Å². The van der Waals surface area contributed by atoms with Crippen molar-refractivity contribution in [3.05, 3.63) is 29.8 Å². The Hall–Kier alpha value is -1.00. The van der Waals surface area contributed by atoms with E-state index < -0.39 is 0 Å². The molecule has 3 nitrogen and oxygen atoms in total. The number of hydrogen-bond acceptors (Lipinski definition) is 3. The molecule has 19 heavy (non-hydrogen) atoms. The third kappa shape index (κ3) is 4.25. The summed E-state index contributed by atoms with van der Waals surface area (Å²) in [7, 11) is 0. The number of nitrogens with zero attached hydrogens (tertiary/aromatic N) is 1. The molecule has 0 aromatic carbocycles. The molecule has 0 bridgehead atoms. The van der Waals surface area contributed by atoms with Crippen molar-refractivity contribution in [2.75, 3.05) is 13.2 Å². The van der Waals surface area contributed by atoms with Crippen molar-refractivity contribution in [2.24, 2.45) is 0 Å². The Morgan fingerprint density at radius 3 is 3.16 bits per heavy atom. The van der Waals surface area contributed by atoms with Crippen LogP contribution in [0.4, 0.5) is 4.39 Å². The zero-order chi connectivity index (χ0) is 13.5. The van der Waals surface area contributed by atoms with E-state index in [1.165, 1.54) is 18.9 Å². The molecule has 4 heteroatoms. The lowest BCUT2D eigenvalue weighted by Gasteiger charge is -2.18. The van der Waals surface area contributed by atoms with Crippen molar-refractivity contribution in [3.8, 4) is 0 Å². The molecule has 106 valence electrons. The predicted molar refractivity (Wildman–Crippen MR) is 73.4 cm³/mol. The highest BCUT2D eigenvalue weighted by atomic mass is 19.1. The van der Waals surface area contributed by atoms with Gasteiger partial charge in [0.05, 0.1) is 17.8 Å². The summed E-state index contributed by atoms with van der Waals surface area (Å²) >= 11 is 0. The topological polar surface area (TPSA) is 34.1 Å². The number of nitrogens with one attached hydrogen (secondary N) is 1. The molecule has 1 aliphatic rings. The summed E-state index contributed by atoms with van der Waals surface area (Å²) in [6.07, 6.45) is 7.43. The van der Waals surface area contributed by atoms with Crippen LogP contribution in [0.3, 0.4) is 0 Å². The van der Waals surface area contributed by atoms with Crippen LogP contribution in [0.1, 0.15) is 50.8 Å². The standard InChI is InChI=1S/C15H23FN2O/c1-2-17-14(15-13(16)8-4-10-18-15)9-3-6-12-7-5-11-19-12/h4,8,10,12,14,17H,2-3,5-7,9,11H2,1H3. The Labute approximate surface area is 114 Å². The van der Waals surface area contributed by atoms with E-state index in [9.17, 15) is 4.39 Å². The minimum atomic E-state index is -0.217. The molecule has 1 N–H and O–H groups in total. The van der Waals surface area contributed by atoms with Crippen LogP contribution in [0, 0.1) is 5.82 Å². The van der Waals surface area contributed by atoms with Crippen LogP contribution in [0.2, 0.25) is 0 Å². The molecule has 0 spiro atoms. The molecular weight excluding hydrogens is 243 g/mol. The smallest absolute Gasteiger partial charge is 0.146 e. The van der Waals surface area contributed by atoms with Gasteiger partial charge in [-0.15, -0.1) is 0 Å². The average molecular weight is 266 g/mol. The number of rotatable bonds is 7. The third-order valence-electron chi connectivity index (χ3n) is 3.61. The summed E-state index contributed by atoms with van der Waals surface area (Å²) in [5, 5.41) is 3.32. The summed E-state index contributed by atoms with van der Waals surface area (Å²) in [4.78, 5) is 4.18. The van der Waals surface area contributed by atoms with E-state index in [1.54, 1.807) is 12.3 Å². The minimum Gasteiger partial charge on any atom is -0.378 e. The van der Waals surface area contributed by atoms with Crippen molar-refractivity contribution in [1.82, 2.24) is 10.3 Å². The van der Waals surface area contributed by atoms with Crippen LogP contribution in [0.5, 0.6) is 0 Å². The van der Waals surface area contributed by atoms with Gasteiger partial charge in [0.15, 0.2) is 0 Å². The number of halogens is 1. The molecule has 0 aliphatic carbocycles. The summed E-state index contributed by atoms with van der Waals surface area (Å²) in [6, 6.07) is 3.12. The Morgan fingerprint density at radius 2 is 2.47 bits per heavy atom. The van der Waals surface area contributed by atoms with Gasteiger partial charge in [-0.25, -0.2) is 4.39 Å². The zero-order valence-corrected chi connectivity index (χ0v) is 11.6. The van der Waals surface area contributed by atoms with E-state index in [4.69, 9.17) is 4.74 Å². The van der Waals surface area contributed by atoms with Crippen molar-refractivity contribution in [3.63, 3.8) is 0 Å². The number of aromatic nitrogens is 1. The van der Waals surface area contributed by atoms with E-state index in [0.29, 0.717) is 11.8 Å². The van der Waals surface area contributed by atoms with Crippen LogP contribution >= 0.6 is 0 Å². The Balaban J connectivity index is 1.87. The molecule has 2 unspecified atom stereocenters. The first-order valence-electron chi connectivity index (χ1n) is 7.26. The molecule has 2 rings (SSSR count). The summed E-state index contributed by atoms with van der Waals surface area (Å²) in [6.45, 7) is 3.75. The lowest BCUT2D eigenvalue weighted by molar-refractivity contribution is 0.101. The normalized spacial score (nSPS) is 20.6. The fraction of sp³-hybridized carbons (Fsp3) is 0.667. The number of ether oxygens (including phenoxy) is 1. The molecule has 0 saturated carbocycles. The van der Waals surface area contributed by atoms with Gasteiger partial charge in [-0.2, -0.15) is 0 Å². The summed E-state index contributed by atoms with van der Waals surface area (Å²) in [5.74, 6) is -0.217. The van der Waals surface area contributed by atoms with E-state index >= 15 is 0 Å². The predicted octanol–water partition coefficient (Wildman–Crippen LogP) is 3.22. The fourth-order valence-corrected chi connectivity index (χ4v) is 2.66. The van der Waals surface area contributed by atoms with Crippen LogP contribution in [-0.4, -0.2) is 24.2 Å². The van der Waals surface area contributed by atoms with Gasteiger partial charge in [0.1, 0.15) is 5.82 Å². The molecule has 0 radical (unpaired) electrons. The maximum Gasteiger partial charge on any atom is 0.146 e. The monoisotopic (exact) mass is 266 g/mol.